The molecular weight excluding hydrogens is 359 g/mol. The molecule has 2 rings (SSSR count). The van der Waals surface area contributed by atoms with Crippen molar-refractivity contribution in [3.8, 4) is 0 Å². The topological polar surface area (TPSA) is 42.0 Å². The second kappa shape index (κ2) is 6.54. The van der Waals surface area contributed by atoms with Gasteiger partial charge in [0.15, 0.2) is 0 Å². The number of halogens is 3. The smallest absolute Gasteiger partial charge is 0.254 e. The average Bonchev–Trinajstić information content (AvgIpc) is 2.44. The zero-order valence-electron chi connectivity index (χ0n) is 11.5. The third-order valence-corrected chi connectivity index (χ3v) is 3.83. The molecule has 1 atom stereocenters. The second-order valence-corrected chi connectivity index (χ2v) is 5.97. The van der Waals surface area contributed by atoms with Gasteiger partial charge >= 0.3 is 0 Å². The van der Waals surface area contributed by atoms with Crippen LogP contribution in [0.4, 0.5) is 4.39 Å². The average molecular weight is 372 g/mol. The third-order valence-electron chi connectivity index (χ3n) is 3.09. The Morgan fingerprint density at radius 2 is 2.14 bits per heavy atom. The van der Waals surface area contributed by atoms with Crippen molar-refractivity contribution in [1.82, 2.24) is 10.3 Å². The molecule has 1 aromatic heterocycles. The minimum Gasteiger partial charge on any atom is -0.345 e. The van der Waals surface area contributed by atoms with Crippen LogP contribution >= 0.6 is 27.5 Å². The number of nitrogens with one attached hydrogen (secondary N) is 1. The molecule has 0 radical (unpaired) electrons. The van der Waals surface area contributed by atoms with Gasteiger partial charge in [0.1, 0.15) is 11.0 Å². The van der Waals surface area contributed by atoms with Crippen molar-refractivity contribution in [2.75, 3.05) is 0 Å². The summed E-state index contributed by atoms with van der Waals surface area (Å²) in [5.74, 6) is -0.655. The highest BCUT2D eigenvalue weighted by Gasteiger charge is 2.16. The summed E-state index contributed by atoms with van der Waals surface area (Å²) < 4.78 is 14.2. The van der Waals surface area contributed by atoms with Crippen LogP contribution in [0.2, 0.25) is 5.15 Å². The Morgan fingerprint density at radius 1 is 1.43 bits per heavy atom. The van der Waals surface area contributed by atoms with Gasteiger partial charge in [-0.1, -0.05) is 23.7 Å². The summed E-state index contributed by atoms with van der Waals surface area (Å²) in [5, 5.41) is 2.90. The molecule has 3 nitrogen and oxygen atoms in total. The predicted molar refractivity (Wildman–Crippen MR) is 84.0 cm³/mol. The SMILES string of the molecule is Cc1ccc(C(C)NC(=O)c2cc(Br)cnc2Cl)cc1F. The molecule has 21 heavy (non-hydrogen) atoms. The molecule has 0 spiro atoms. The van der Waals surface area contributed by atoms with E-state index in [0.717, 1.165) is 0 Å². The number of rotatable bonds is 3. The lowest BCUT2D eigenvalue weighted by Gasteiger charge is -2.15. The summed E-state index contributed by atoms with van der Waals surface area (Å²) >= 11 is 9.16. The van der Waals surface area contributed by atoms with E-state index in [0.29, 0.717) is 15.6 Å². The number of pyridine rings is 1. The van der Waals surface area contributed by atoms with Gasteiger partial charge in [0.05, 0.1) is 11.6 Å². The number of amides is 1. The normalized spacial score (nSPS) is 12.0. The maximum absolute atomic E-state index is 13.6. The molecule has 0 fully saturated rings. The van der Waals surface area contributed by atoms with Crippen LogP contribution in [-0.2, 0) is 0 Å². The summed E-state index contributed by atoms with van der Waals surface area (Å²) in [6, 6.07) is 6.13. The molecule has 1 unspecified atom stereocenters. The molecular formula is C15H13BrClFN2O. The van der Waals surface area contributed by atoms with Gasteiger partial charge in [-0.25, -0.2) is 9.37 Å². The van der Waals surface area contributed by atoms with Crippen LogP contribution in [-0.4, -0.2) is 10.9 Å². The highest BCUT2D eigenvalue weighted by atomic mass is 79.9. The van der Waals surface area contributed by atoms with Crippen LogP contribution in [0.15, 0.2) is 34.9 Å². The van der Waals surface area contributed by atoms with Gasteiger partial charge in [0.2, 0.25) is 0 Å². The van der Waals surface area contributed by atoms with Crippen LogP contribution < -0.4 is 5.32 Å². The monoisotopic (exact) mass is 370 g/mol. The highest BCUT2D eigenvalue weighted by Crippen LogP contribution is 2.20. The molecule has 0 aliphatic heterocycles. The fraction of sp³-hybridized carbons (Fsp3) is 0.200. The maximum atomic E-state index is 13.6. The van der Waals surface area contributed by atoms with E-state index in [2.05, 4.69) is 26.2 Å². The molecule has 0 bridgehead atoms. The van der Waals surface area contributed by atoms with E-state index in [-0.39, 0.29) is 28.5 Å². The Morgan fingerprint density at radius 3 is 2.81 bits per heavy atom. The minimum absolute atomic E-state index is 0.123. The van der Waals surface area contributed by atoms with Crippen molar-refractivity contribution in [2.45, 2.75) is 19.9 Å². The number of nitrogens with zero attached hydrogens (tertiary/aromatic N) is 1. The van der Waals surface area contributed by atoms with E-state index < -0.39 is 0 Å². The third kappa shape index (κ3) is 3.80. The Hall–Kier alpha value is -1.46. The maximum Gasteiger partial charge on any atom is 0.254 e. The number of hydrogen-bond donors (Lipinski definition) is 1. The zero-order chi connectivity index (χ0) is 15.6. The van der Waals surface area contributed by atoms with Gasteiger partial charge in [-0.15, -0.1) is 0 Å². The van der Waals surface area contributed by atoms with Gasteiger partial charge in [-0.05, 0) is 53.0 Å². The van der Waals surface area contributed by atoms with E-state index in [9.17, 15) is 9.18 Å². The van der Waals surface area contributed by atoms with Crippen LogP contribution in [0.3, 0.4) is 0 Å². The van der Waals surface area contributed by atoms with Crippen molar-refractivity contribution in [3.05, 3.63) is 62.6 Å². The van der Waals surface area contributed by atoms with Crippen LogP contribution in [0, 0.1) is 12.7 Å². The fourth-order valence-electron chi connectivity index (χ4n) is 1.82. The van der Waals surface area contributed by atoms with Crippen molar-refractivity contribution in [2.24, 2.45) is 0 Å². The van der Waals surface area contributed by atoms with E-state index in [1.54, 1.807) is 32.0 Å². The van der Waals surface area contributed by atoms with E-state index in [1.165, 1.54) is 12.3 Å². The van der Waals surface area contributed by atoms with Gasteiger partial charge in [-0.3, -0.25) is 4.79 Å². The van der Waals surface area contributed by atoms with E-state index in [1.807, 2.05) is 0 Å². The molecule has 0 saturated heterocycles. The first-order valence-corrected chi connectivity index (χ1v) is 7.43. The van der Waals surface area contributed by atoms with Crippen molar-refractivity contribution in [1.29, 1.82) is 0 Å². The second-order valence-electron chi connectivity index (χ2n) is 4.70. The Balaban J connectivity index is 2.18. The van der Waals surface area contributed by atoms with Gasteiger partial charge in [0, 0.05) is 10.7 Å². The highest BCUT2D eigenvalue weighted by molar-refractivity contribution is 9.10. The predicted octanol–water partition coefficient (Wildman–Crippen LogP) is 4.44. The summed E-state index contributed by atoms with van der Waals surface area (Å²) in [4.78, 5) is 16.1. The Kier molecular flexibility index (Phi) is 4.96. The molecule has 0 aliphatic carbocycles. The molecule has 0 saturated carbocycles. The van der Waals surface area contributed by atoms with Gasteiger partial charge in [-0.2, -0.15) is 0 Å². The molecule has 2 aromatic rings. The number of carbonyl (C=O) groups excluding carboxylic acids is 1. The van der Waals surface area contributed by atoms with Crippen LogP contribution in [0.25, 0.3) is 0 Å². The summed E-state index contributed by atoms with van der Waals surface area (Å²) in [5.41, 5.74) is 1.52. The number of benzene rings is 1. The first-order valence-electron chi connectivity index (χ1n) is 6.26. The molecule has 1 amide bonds. The first kappa shape index (κ1) is 15.9. The zero-order valence-corrected chi connectivity index (χ0v) is 13.8. The van der Waals surface area contributed by atoms with Crippen LogP contribution in [0.1, 0.15) is 34.5 Å². The lowest BCUT2D eigenvalue weighted by molar-refractivity contribution is 0.0939. The lowest BCUT2D eigenvalue weighted by atomic mass is 10.1. The molecule has 6 heteroatoms. The Labute approximate surface area is 135 Å². The number of hydrogen-bond acceptors (Lipinski definition) is 2. The summed E-state index contributed by atoms with van der Waals surface area (Å²) in [6.45, 7) is 3.47. The van der Waals surface area contributed by atoms with Crippen molar-refractivity contribution >= 4 is 33.4 Å². The first-order chi connectivity index (χ1) is 9.88. The van der Waals surface area contributed by atoms with E-state index in [4.69, 9.17) is 11.6 Å². The molecule has 110 valence electrons. The van der Waals surface area contributed by atoms with Crippen molar-refractivity contribution in [3.63, 3.8) is 0 Å². The quantitative estimate of drug-likeness (QED) is 0.811. The minimum atomic E-state index is -0.359. The number of aromatic nitrogens is 1. The molecule has 1 heterocycles. The fourth-order valence-corrected chi connectivity index (χ4v) is 2.34. The molecule has 0 aliphatic rings. The molecule has 1 N–H and O–H groups in total. The number of carbonyl (C=O) groups is 1. The standard InChI is InChI=1S/C15H13BrClFN2O/c1-8-3-4-10(5-13(8)18)9(2)20-15(21)12-6-11(16)7-19-14(12)17/h3-7,9H,1-2H3,(H,20,21). The Bertz CT molecular complexity index is 693. The van der Waals surface area contributed by atoms with E-state index >= 15 is 0 Å². The largest absolute Gasteiger partial charge is 0.345 e. The molecule has 1 aromatic carbocycles. The number of aryl methyl sites for hydroxylation is 1. The van der Waals surface area contributed by atoms with Gasteiger partial charge < -0.3 is 5.32 Å². The summed E-state index contributed by atoms with van der Waals surface area (Å²) in [6.07, 6.45) is 1.51. The van der Waals surface area contributed by atoms with Gasteiger partial charge in [0.25, 0.3) is 5.91 Å². The summed E-state index contributed by atoms with van der Waals surface area (Å²) in [7, 11) is 0. The van der Waals surface area contributed by atoms with Crippen molar-refractivity contribution < 1.29 is 9.18 Å². The van der Waals surface area contributed by atoms with Crippen LogP contribution in [0.5, 0.6) is 0 Å². The lowest BCUT2D eigenvalue weighted by Crippen LogP contribution is -2.27.